The van der Waals surface area contributed by atoms with Crippen molar-refractivity contribution in [2.75, 3.05) is 6.61 Å². The second kappa shape index (κ2) is 7.00. The number of hydrogen-bond acceptors (Lipinski definition) is 7. The zero-order chi connectivity index (χ0) is 15.4. The minimum Gasteiger partial charge on any atom is -0.612 e. The summed E-state index contributed by atoms with van der Waals surface area (Å²) < 4.78 is 0. The Hall–Kier alpha value is -1.19. The first-order valence-corrected chi connectivity index (χ1v) is 6.28. The molecule has 0 saturated heterocycles. The van der Waals surface area contributed by atoms with Gasteiger partial charge in [-0.25, -0.2) is 0 Å². The standard InChI is InChI=1S/C12H20NO7/c1-6-2-3-8(13(19)20)7(4-6)10(16)12(18)11(17)9(15)5-14/h2,7,9-12,14-18H,3-5H2,1H3/q-1/t7-,9+,10-,11-,12+/m0/s1. The van der Waals surface area contributed by atoms with Crippen LogP contribution in [0, 0.1) is 16.3 Å². The van der Waals surface area contributed by atoms with Crippen LogP contribution in [0.15, 0.2) is 11.6 Å². The van der Waals surface area contributed by atoms with Crippen molar-refractivity contribution in [3.8, 4) is 0 Å². The van der Waals surface area contributed by atoms with E-state index in [0.29, 0.717) is 0 Å². The van der Waals surface area contributed by atoms with Gasteiger partial charge in [0.25, 0.3) is 0 Å². The van der Waals surface area contributed by atoms with Gasteiger partial charge in [-0.1, -0.05) is 11.6 Å². The second-order valence-electron chi connectivity index (χ2n) is 5.04. The van der Waals surface area contributed by atoms with Crippen LogP contribution in [-0.2, 0) is 0 Å². The molecule has 0 aromatic rings. The third kappa shape index (κ3) is 3.68. The predicted molar refractivity (Wildman–Crippen MR) is 69.6 cm³/mol. The van der Waals surface area contributed by atoms with E-state index in [-0.39, 0.29) is 18.6 Å². The maximum absolute atomic E-state index is 11.0. The maximum Gasteiger partial charge on any atom is 0.185 e. The summed E-state index contributed by atoms with van der Waals surface area (Å²) in [5.74, 6) is -0.939. The minimum atomic E-state index is -1.79. The van der Waals surface area contributed by atoms with Gasteiger partial charge in [0.15, 0.2) is 5.71 Å². The molecule has 20 heavy (non-hydrogen) atoms. The molecule has 0 spiro atoms. The molecule has 0 aromatic heterocycles. The Balaban J connectivity index is 2.91. The zero-order valence-corrected chi connectivity index (χ0v) is 11.1. The summed E-state index contributed by atoms with van der Waals surface area (Å²) in [4.78, 5) is -0.599. The Kier molecular flexibility index (Phi) is 5.90. The molecule has 0 unspecified atom stereocenters. The summed E-state index contributed by atoms with van der Waals surface area (Å²) in [7, 11) is 0. The van der Waals surface area contributed by atoms with E-state index in [1.54, 1.807) is 13.0 Å². The summed E-state index contributed by atoms with van der Waals surface area (Å²) in [6, 6.07) is 0. The lowest BCUT2D eigenvalue weighted by atomic mass is 9.80. The average Bonchev–Trinajstić information content (AvgIpc) is 2.43. The van der Waals surface area contributed by atoms with Crippen LogP contribution >= 0.6 is 0 Å². The molecule has 116 valence electrons. The molecule has 0 aromatic carbocycles. The number of nitrogens with zero attached hydrogens (tertiary/aromatic N) is 1. The van der Waals surface area contributed by atoms with Crippen LogP contribution in [0.25, 0.3) is 0 Å². The molecule has 0 fully saturated rings. The van der Waals surface area contributed by atoms with Crippen LogP contribution in [0.5, 0.6) is 0 Å². The van der Waals surface area contributed by atoms with E-state index >= 15 is 0 Å². The Labute approximate surface area is 116 Å². The van der Waals surface area contributed by atoms with E-state index in [1.807, 2.05) is 0 Å². The van der Waals surface area contributed by atoms with Crippen molar-refractivity contribution < 1.29 is 30.4 Å². The molecule has 0 saturated carbocycles. The Bertz CT molecular complexity index is 391. The molecule has 5 N–H and O–H groups in total. The molecule has 1 rings (SSSR count). The fourth-order valence-electron chi connectivity index (χ4n) is 2.28. The highest BCUT2D eigenvalue weighted by atomic mass is 16.8. The largest absolute Gasteiger partial charge is 0.612 e. The van der Waals surface area contributed by atoms with Crippen LogP contribution in [0.4, 0.5) is 0 Å². The smallest absolute Gasteiger partial charge is 0.185 e. The van der Waals surface area contributed by atoms with Crippen molar-refractivity contribution in [1.82, 2.24) is 0 Å². The second-order valence-corrected chi connectivity index (χ2v) is 5.04. The van der Waals surface area contributed by atoms with Crippen LogP contribution in [-0.4, -0.2) is 67.2 Å². The molecular weight excluding hydrogens is 270 g/mol. The highest BCUT2D eigenvalue weighted by Gasteiger charge is 2.40. The van der Waals surface area contributed by atoms with E-state index in [1.165, 1.54) is 0 Å². The van der Waals surface area contributed by atoms with E-state index < -0.39 is 41.8 Å². The normalized spacial score (nSPS) is 25.6. The Morgan fingerprint density at radius 1 is 1.25 bits per heavy atom. The van der Waals surface area contributed by atoms with Crippen molar-refractivity contribution >= 4 is 5.71 Å². The molecule has 1 aliphatic carbocycles. The molecule has 1 aliphatic rings. The van der Waals surface area contributed by atoms with Gasteiger partial charge in [0, 0.05) is 6.42 Å². The van der Waals surface area contributed by atoms with E-state index in [9.17, 15) is 30.8 Å². The lowest BCUT2D eigenvalue weighted by Gasteiger charge is -2.32. The number of hydrogen-bond donors (Lipinski definition) is 5. The molecule has 0 amide bonds. The van der Waals surface area contributed by atoms with Crippen molar-refractivity contribution in [2.45, 2.75) is 44.2 Å². The topological polar surface area (TPSA) is 150 Å². The summed E-state index contributed by atoms with van der Waals surface area (Å²) in [5.41, 5.74) is 0.692. The first kappa shape index (κ1) is 16.9. The van der Waals surface area contributed by atoms with Gasteiger partial charge in [-0.05, 0) is 13.3 Å². The van der Waals surface area contributed by atoms with Gasteiger partial charge in [-0.2, -0.15) is 4.90 Å². The van der Waals surface area contributed by atoms with Gasteiger partial charge in [0.2, 0.25) is 0 Å². The third-order valence-electron chi connectivity index (χ3n) is 3.56. The molecular formula is C12H20NO7-. The van der Waals surface area contributed by atoms with Gasteiger partial charge in [0.05, 0.1) is 18.6 Å². The first-order valence-electron chi connectivity index (χ1n) is 6.28. The summed E-state index contributed by atoms with van der Waals surface area (Å²) >= 11 is 0. The summed E-state index contributed by atoms with van der Waals surface area (Å²) in [6.45, 7) is 0.960. The molecule has 0 heterocycles. The van der Waals surface area contributed by atoms with Gasteiger partial charge in [0.1, 0.15) is 18.3 Å². The van der Waals surface area contributed by atoms with Crippen molar-refractivity contribution in [1.29, 1.82) is 0 Å². The van der Waals surface area contributed by atoms with Crippen LogP contribution in [0.3, 0.4) is 0 Å². The summed E-state index contributed by atoms with van der Waals surface area (Å²) in [5, 5.41) is 69.3. The molecule has 8 heteroatoms. The van der Waals surface area contributed by atoms with Gasteiger partial charge in [-0.15, -0.1) is 0 Å². The van der Waals surface area contributed by atoms with Crippen LogP contribution in [0.2, 0.25) is 0 Å². The fraction of sp³-hybridized carbons (Fsp3) is 0.750. The number of rotatable bonds is 5. The molecule has 0 aliphatic heterocycles. The van der Waals surface area contributed by atoms with E-state index in [4.69, 9.17) is 5.11 Å². The van der Waals surface area contributed by atoms with Gasteiger partial charge in [-0.3, -0.25) is 0 Å². The van der Waals surface area contributed by atoms with E-state index in [2.05, 4.69) is 0 Å². The van der Waals surface area contributed by atoms with Gasteiger partial charge >= 0.3 is 0 Å². The molecule has 8 nitrogen and oxygen atoms in total. The lowest BCUT2D eigenvalue weighted by molar-refractivity contribution is -0.384. The van der Waals surface area contributed by atoms with Crippen LogP contribution in [0.1, 0.15) is 19.8 Å². The Morgan fingerprint density at radius 2 is 1.85 bits per heavy atom. The monoisotopic (exact) mass is 290 g/mol. The minimum absolute atomic E-state index is 0.0614. The van der Waals surface area contributed by atoms with Crippen molar-refractivity contribution in [3.63, 3.8) is 0 Å². The highest BCUT2D eigenvalue weighted by molar-refractivity contribution is 5.85. The fourth-order valence-corrected chi connectivity index (χ4v) is 2.28. The maximum atomic E-state index is 11.0. The highest BCUT2D eigenvalue weighted by Crippen LogP contribution is 2.27. The average molecular weight is 290 g/mol. The molecule has 0 bridgehead atoms. The third-order valence-corrected chi connectivity index (χ3v) is 3.56. The molecule has 5 atom stereocenters. The van der Waals surface area contributed by atoms with E-state index in [0.717, 1.165) is 5.57 Å². The number of aliphatic hydroxyl groups is 5. The molecule has 0 radical (unpaired) electrons. The summed E-state index contributed by atoms with van der Waals surface area (Å²) in [6.07, 6.45) is -4.87. The zero-order valence-electron chi connectivity index (χ0n) is 11.1. The van der Waals surface area contributed by atoms with Crippen molar-refractivity contribution in [2.24, 2.45) is 5.92 Å². The quantitative estimate of drug-likeness (QED) is 0.228. The van der Waals surface area contributed by atoms with Crippen LogP contribution < -0.4 is 0 Å². The Morgan fingerprint density at radius 3 is 2.35 bits per heavy atom. The van der Waals surface area contributed by atoms with Crippen molar-refractivity contribution in [3.05, 3.63) is 22.1 Å². The first-order chi connectivity index (χ1) is 9.29. The lowest BCUT2D eigenvalue weighted by Crippen LogP contribution is -2.50. The number of allylic oxidation sites excluding steroid dienone is 2. The predicted octanol–water partition coefficient (Wildman–Crippen LogP) is -1.77. The number of aliphatic hydroxyl groups excluding tert-OH is 5. The van der Waals surface area contributed by atoms with Gasteiger partial charge < -0.3 is 35.9 Å². The SMILES string of the molecule is CC1=CCC(=[N+]([O-])[O-])[C@@H]([C@H](O)[C@@H](O)[C@@H](O)[C@H](O)CO)C1.